The quantitative estimate of drug-likeness (QED) is 0.0195. The lowest BCUT2D eigenvalue weighted by molar-refractivity contribution is -0.870. The van der Waals surface area contributed by atoms with Crippen LogP contribution in [0, 0.1) is 0 Å². The SMILES string of the molecule is CC/C=C\C/C=C\C/C=C\C/C=C\C/C=C\C/C=C\C/C=C\C/C=C\CCCCCCCCC(=O)OC(COC(=O)CCCCCCCCCCCCCCCCCCCCCCCC/C=C\C/C=C\C/C=C\C/C=C\CC)COC(OCC[N+](C)(C)C)C(=O)[O-]. The lowest BCUT2D eigenvalue weighted by atomic mass is 10.0. The Kier molecular flexibility index (Phi) is 67.3. The summed E-state index contributed by atoms with van der Waals surface area (Å²) in [6, 6.07) is 0. The van der Waals surface area contributed by atoms with Gasteiger partial charge in [0.1, 0.15) is 13.2 Å². The van der Waals surface area contributed by atoms with E-state index in [-0.39, 0.29) is 38.6 Å². The van der Waals surface area contributed by atoms with Crippen LogP contribution in [0.5, 0.6) is 0 Å². The van der Waals surface area contributed by atoms with Crippen LogP contribution in [0.2, 0.25) is 0 Å². The zero-order valence-corrected chi connectivity index (χ0v) is 59.2. The fraction of sp³-hybridized carbons (Fsp3) is 0.671. The Balaban J connectivity index is 4.12. The molecular weight excluding hydrogens is 1130 g/mol. The molecule has 0 saturated heterocycles. The molecule has 0 fully saturated rings. The maximum absolute atomic E-state index is 12.9. The Morgan fingerprint density at radius 2 is 0.593 bits per heavy atom. The number of carbonyl (C=O) groups is 3. The summed E-state index contributed by atoms with van der Waals surface area (Å²) in [6.07, 6.45) is 101. The molecule has 0 aromatic carbocycles. The van der Waals surface area contributed by atoms with Crippen LogP contribution in [0.3, 0.4) is 0 Å². The van der Waals surface area contributed by atoms with Gasteiger partial charge in [-0.25, -0.2) is 0 Å². The van der Waals surface area contributed by atoms with Gasteiger partial charge >= 0.3 is 11.9 Å². The third kappa shape index (κ3) is 72.5. The van der Waals surface area contributed by atoms with Gasteiger partial charge in [0.05, 0.1) is 40.3 Å². The van der Waals surface area contributed by atoms with E-state index in [1.165, 1.54) is 128 Å². The summed E-state index contributed by atoms with van der Waals surface area (Å²) in [7, 11) is 5.92. The van der Waals surface area contributed by atoms with Crippen LogP contribution >= 0.6 is 0 Å². The molecule has 2 atom stereocenters. The molecule has 0 aliphatic heterocycles. The van der Waals surface area contributed by atoms with E-state index in [1.807, 2.05) is 21.1 Å². The molecule has 9 nitrogen and oxygen atoms in total. The number of carboxylic acids is 1. The van der Waals surface area contributed by atoms with Crippen LogP contribution in [-0.2, 0) is 33.3 Å². The Hall–Kier alpha value is -4.83. The molecule has 0 bridgehead atoms. The highest BCUT2D eigenvalue weighted by atomic mass is 16.7. The van der Waals surface area contributed by atoms with E-state index in [1.54, 1.807) is 0 Å². The zero-order chi connectivity index (χ0) is 66.1. The van der Waals surface area contributed by atoms with Crippen LogP contribution < -0.4 is 5.11 Å². The normalized spacial score (nSPS) is 13.5. The Morgan fingerprint density at radius 1 is 0.330 bits per heavy atom. The fourth-order valence-electron chi connectivity index (χ4n) is 10.0. The third-order valence-electron chi connectivity index (χ3n) is 15.6. The fourth-order valence-corrected chi connectivity index (χ4v) is 10.0. The number of quaternary nitrogens is 1. The smallest absolute Gasteiger partial charge is 0.306 e. The molecule has 0 rings (SSSR count). The molecule has 518 valence electrons. The molecule has 0 saturated carbocycles. The molecule has 0 amide bonds. The van der Waals surface area contributed by atoms with Crippen LogP contribution in [-0.4, -0.2) is 82.3 Å². The molecule has 0 aromatic heterocycles. The van der Waals surface area contributed by atoms with Crippen molar-refractivity contribution in [2.45, 2.75) is 309 Å². The average molecular weight is 1260 g/mol. The number of ether oxygens (including phenoxy) is 4. The van der Waals surface area contributed by atoms with Crippen molar-refractivity contribution in [3.05, 3.63) is 146 Å². The number of hydrogen-bond donors (Lipinski definition) is 0. The third-order valence-corrected chi connectivity index (χ3v) is 15.6. The first-order valence-corrected chi connectivity index (χ1v) is 37.0. The van der Waals surface area contributed by atoms with Crippen molar-refractivity contribution in [2.75, 3.05) is 47.5 Å². The molecule has 0 radical (unpaired) electrons. The van der Waals surface area contributed by atoms with Crippen molar-refractivity contribution >= 4 is 17.9 Å². The van der Waals surface area contributed by atoms with Gasteiger partial charge in [-0.15, -0.1) is 0 Å². The van der Waals surface area contributed by atoms with Crippen LogP contribution in [0.15, 0.2) is 146 Å². The minimum Gasteiger partial charge on any atom is -0.545 e. The molecule has 0 aliphatic rings. The molecule has 0 aliphatic carbocycles. The molecular formula is C82H137NO8. The Labute approximate surface area is 560 Å². The van der Waals surface area contributed by atoms with Crippen molar-refractivity contribution in [1.29, 1.82) is 0 Å². The monoisotopic (exact) mass is 1260 g/mol. The summed E-state index contributed by atoms with van der Waals surface area (Å²) >= 11 is 0. The summed E-state index contributed by atoms with van der Waals surface area (Å²) in [5.41, 5.74) is 0. The first kappa shape index (κ1) is 86.2. The average Bonchev–Trinajstić information content (AvgIpc) is 3.65. The minimum atomic E-state index is -1.63. The highest BCUT2D eigenvalue weighted by molar-refractivity contribution is 5.70. The minimum absolute atomic E-state index is 0.139. The summed E-state index contributed by atoms with van der Waals surface area (Å²) in [6.45, 7) is 4.52. The van der Waals surface area contributed by atoms with E-state index in [0.29, 0.717) is 17.4 Å². The largest absolute Gasteiger partial charge is 0.545 e. The van der Waals surface area contributed by atoms with E-state index in [4.69, 9.17) is 18.9 Å². The topological polar surface area (TPSA) is 111 Å². The summed E-state index contributed by atoms with van der Waals surface area (Å²) in [5.74, 6) is -2.30. The second-order valence-corrected chi connectivity index (χ2v) is 25.5. The van der Waals surface area contributed by atoms with Gasteiger partial charge in [-0.2, -0.15) is 0 Å². The van der Waals surface area contributed by atoms with Crippen molar-refractivity contribution < 1.29 is 42.9 Å². The van der Waals surface area contributed by atoms with Gasteiger partial charge < -0.3 is 33.3 Å². The highest BCUT2D eigenvalue weighted by Gasteiger charge is 2.22. The lowest BCUT2D eigenvalue weighted by Gasteiger charge is -2.26. The zero-order valence-electron chi connectivity index (χ0n) is 59.2. The molecule has 0 N–H and O–H groups in total. The van der Waals surface area contributed by atoms with Crippen LogP contribution in [0.4, 0.5) is 0 Å². The van der Waals surface area contributed by atoms with Crippen LogP contribution in [0.1, 0.15) is 296 Å². The predicted molar refractivity (Wildman–Crippen MR) is 389 cm³/mol. The number of hydrogen-bond acceptors (Lipinski definition) is 8. The number of likely N-dealkylation sites (N-methyl/N-ethyl adjacent to an activating group) is 1. The number of aliphatic carboxylic acids is 1. The van der Waals surface area contributed by atoms with E-state index >= 15 is 0 Å². The van der Waals surface area contributed by atoms with Crippen molar-refractivity contribution in [3.63, 3.8) is 0 Å². The molecule has 0 spiro atoms. The van der Waals surface area contributed by atoms with Gasteiger partial charge in [0, 0.05) is 12.8 Å². The maximum atomic E-state index is 12.9. The van der Waals surface area contributed by atoms with Gasteiger partial charge in [0.15, 0.2) is 12.4 Å². The Morgan fingerprint density at radius 3 is 0.879 bits per heavy atom. The maximum Gasteiger partial charge on any atom is 0.306 e. The van der Waals surface area contributed by atoms with Gasteiger partial charge in [-0.3, -0.25) is 9.59 Å². The number of esters is 2. The first-order chi connectivity index (χ1) is 44.6. The number of allylic oxidation sites excluding steroid dienone is 24. The van der Waals surface area contributed by atoms with Crippen molar-refractivity contribution in [3.8, 4) is 0 Å². The van der Waals surface area contributed by atoms with Gasteiger partial charge in [0.25, 0.3) is 0 Å². The second-order valence-electron chi connectivity index (χ2n) is 25.5. The number of carbonyl (C=O) groups excluding carboxylic acids is 3. The number of rotatable bonds is 67. The standard InChI is InChI=1S/C82H137NO8/c1-6-8-10-12-14-16-18-20-22-24-26-28-30-32-34-36-38-39-40-41-43-44-46-48-50-52-54-56-58-60-62-64-66-68-70-72-79(84)89-76-78(77-90-82(81(86)87)88-75-74-83(3,4)5)91-80(85)73-71-69-67-65-63-61-59-57-55-53-51-49-47-45-42-37-35-33-31-29-27-25-23-21-19-17-15-13-11-9-7-2/h8-11,14-17,20-23,26-29,33,35,42,45,49,51,55,57,78,82H,6-7,12-13,18-19,24-25,30-32,34,36-41,43-44,46-48,50,52-54,56,58-77H2,1-5H3/b10-8-,11-9-,16-14-,17-15-,22-20-,23-21-,28-26-,29-27-,35-33-,45-42-,51-49-,57-55-. The van der Waals surface area contributed by atoms with E-state index < -0.39 is 24.3 Å². The molecule has 91 heavy (non-hydrogen) atoms. The summed E-state index contributed by atoms with van der Waals surface area (Å²) in [5, 5.41) is 11.8. The van der Waals surface area contributed by atoms with Crippen LogP contribution in [0.25, 0.3) is 0 Å². The van der Waals surface area contributed by atoms with Gasteiger partial charge in [-0.05, 0) is 116 Å². The van der Waals surface area contributed by atoms with E-state index in [2.05, 4.69) is 160 Å². The Bertz CT molecular complexity index is 2010. The predicted octanol–water partition coefficient (Wildman–Crippen LogP) is 22.1. The van der Waals surface area contributed by atoms with Crippen molar-refractivity contribution in [2.24, 2.45) is 0 Å². The van der Waals surface area contributed by atoms with Gasteiger partial charge in [0.2, 0.25) is 0 Å². The first-order valence-electron chi connectivity index (χ1n) is 37.0. The number of unbranched alkanes of at least 4 members (excludes halogenated alkanes) is 28. The van der Waals surface area contributed by atoms with Gasteiger partial charge in [-0.1, -0.05) is 314 Å². The van der Waals surface area contributed by atoms with Crippen molar-refractivity contribution in [1.82, 2.24) is 0 Å². The highest BCUT2D eigenvalue weighted by Crippen LogP contribution is 2.17. The number of nitrogens with zero attached hydrogens (tertiary/aromatic N) is 1. The molecule has 2 unspecified atom stereocenters. The molecule has 0 aromatic rings. The lowest BCUT2D eigenvalue weighted by Crippen LogP contribution is -2.44. The second kappa shape index (κ2) is 71.0. The van der Waals surface area contributed by atoms with E-state index in [9.17, 15) is 19.5 Å². The summed E-state index contributed by atoms with van der Waals surface area (Å²) in [4.78, 5) is 37.5. The summed E-state index contributed by atoms with van der Waals surface area (Å²) < 4.78 is 22.8. The molecule has 0 heterocycles. The van der Waals surface area contributed by atoms with E-state index in [0.717, 1.165) is 135 Å². The number of carboxylic acid groups (broad SMARTS) is 1. The molecule has 9 heteroatoms.